The van der Waals surface area contributed by atoms with Crippen molar-refractivity contribution in [3.05, 3.63) is 21.5 Å². The number of hydrogen-bond acceptors (Lipinski definition) is 4. The number of nitrogens with zero attached hydrogens (tertiary/aromatic N) is 3. The molecule has 0 spiro atoms. The molecular weight excluding hydrogens is 200 g/mol. The fraction of sp³-hybridized carbons (Fsp3) is 0.500. The van der Waals surface area contributed by atoms with E-state index in [4.69, 9.17) is 0 Å². The zero-order chi connectivity index (χ0) is 11.8. The van der Waals surface area contributed by atoms with Crippen LogP contribution in [0.2, 0.25) is 0 Å². The average molecular weight is 213 g/mol. The molecule has 7 heteroatoms. The van der Waals surface area contributed by atoms with Gasteiger partial charge in [0.15, 0.2) is 5.71 Å². The summed E-state index contributed by atoms with van der Waals surface area (Å²) in [6.45, 7) is 1.52. The maximum absolute atomic E-state index is 11.5. The van der Waals surface area contributed by atoms with Crippen molar-refractivity contribution in [2.75, 3.05) is 21.1 Å². The first-order valence-corrected chi connectivity index (χ1v) is 4.33. The third-order valence-electron chi connectivity index (χ3n) is 2.14. The van der Waals surface area contributed by atoms with Crippen LogP contribution in [0.3, 0.4) is 0 Å². The van der Waals surface area contributed by atoms with Crippen molar-refractivity contribution in [2.24, 2.45) is 5.10 Å². The summed E-state index contributed by atoms with van der Waals surface area (Å²) in [6.07, 6.45) is 0. The van der Waals surface area contributed by atoms with Crippen LogP contribution in [-0.2, 0) is 4.79 Å². The molecule has 0 radical (unpaired) electrons. The molecule has 1 heterocycles. The summed E-state index contributed by atoms with van der Waals surface area (Å²) in [5.41, 5.74) is 0.114. The van der Waals surface area contributed by atoms with Crippen LogP contribution in [0.15, 0.2) is 16.5 Å². The third kappa shape index (κ3) is 1.73. The van der Waals surface area contributed by atoms with Crippen LogP contribution < -0.4 is 5.32 Å². The van der Waals surface area contributed by atoms with Crippen LogP contribution >= 0.6 is 0 Å². The van der Waals surface area contributed by atoms with Crippen LogP contribution in [0.5, 0.6) is 0 Å². The van der Waals surface area contributed by atoms with E-state index < -0.39 is 10.8 Å². The largest absolute Gasteiger partial charge is 0.364 e. The van der Waals surface area contributed by atoms with E-state index in [1.165, 1.54) is 14.0 Å². The van der Waals surface area contributed by atoms with Crippen molar-refractivity contribution in [3.8, 4) is 0 Å². The lowest BCUT2D eigenvalue weighted by atomic mass is 10.2. The van der Waals surface area contributed by atoms with E-state index in [9.17, 15) is 14.9 Å². The van der Waals surface area contributed by atoms with Gasteiger partial charge in [-0.15, -0.1) is 0 Å². The Morgan fingerprint density at radius 2 is 2.07 bits per heavy atom. The first-order valence-electron chi connectivity index (χ1n) is 4.33. The Morgan fingerprint density at radius 3 is 2.47 bits per heavy atom. The van der Waals surface area contributed by atoms with Gasteiger partial charge in [-0.3, -0.25) is 14.9 Å². The topological polar surface area (TPSA) is 84.6 Å². The first-order chi connectivity index (χ1) is 6.81. The van der Waals surface area contributed by atoms with Gasteiger partial charge in [0.05, 0.1) is 19.0 Å². The first kappa shape index (κ1) is 11.3. The molecule has 1 amide bonds. The smallest absolute Gasteiger partial charge is 0.350 e. The summed E-state index contributed by atoms with van der Waals surface area (Å²) in [5.74, 6) is -0.479. The number of allylic oxidation sites excluding steroid dienone is 1. The van der Waals surface area contributed by atoms with Crippen LogP contribution in [0.25, 0.3) is 0 Å². The van der Waals surface area contributed by atoms with E-state index in [-0.39, 0.29) is 21.7 Å². The van der Waals surface area contributed by atoms with Gasteiger partial charge in [0.1, 0.15) is 0 Å². The highest BCUT2D eigenvalue weighted by atomic mass is 16.6. The number of rotatable bonds is 2. The molecule has 0 aromatic heterocycles. The molecule has 0 unspecified atom stereocenters. The Balaban J connectivity index is 3.38. The van der Waals surface area contributed by atoms with Crippen molar-refractivity contribution in [1.29, 1.82) is 0 Å². The van der Waals surface area contributed by atoms with Crippen molar-refractivity contribution >= 4 is 11.6 Å². The van der Waals surface area contributed by atoms with Gasteiger partial charge < -0.3 is 5.32 Å². The van der Waals surface area contributed by atoms with Crippen molar-refractivity contribution in [1.82, 2.24) is 5.32 Å². The van der Waals surface area contributed by atoms with Gasteiger partial charge in [-0.1, -0.05) is 5.10 Å². The fourth-order valence-corrected chi connectivity index (χ4v) is 1.60. The molecule has 0 fully saturated rings. The van der Waals surface area contributed by atoms with Crippen molar-refractivity contribution in [2.45, 2.75) is 6.92 Å². The Morgan fingerprint density at radius 1 is 1.53 bits per heavy atom. The molecule has 0 aromatic carbocycles. The van der Waals surface area contributed by atoms with Gasteiger partial charge in [-0.2, -0.15) is 4.59 Å². The lowest BCUT2D eigenvalue weighted by Crippen LogP contribution is -2.39. The van der Waals surface area contributed by atoms with Gasteiger partial charge >= 0.3 is 17.3 Å². The van der Waals surface area contributed by atoms with Gasteiger partial charge in [-0.25, -0.2) is 0 Å². The number of carbonyl (C=O) groups is 1. The van der Waals surface area contributed by atoms with E-state index in [0.29, 0.717) is 0 Å². The van der Waals surface area contributed by atoms with Crippen LogP contribution in [0, 0.1) is 10.1 Å². The molecule has 1 aliphatic rings. The minimum absolute atomic E-state index is 0.0556. The second-order valence-electron chi connectivity index (χ2n) is 3.61. The highest BCUT2D eigenvalue weighted by molar-refractivity contribution is 6.05. The number of likely N-dealkylation sites (N-methyl/N-ethyl adjacent to an activating group) is 2. The molecule has 0 saturated carbocycles. The van der Waals surface area contributed by atoms with Gasteiger partial charge in [0.25, 0.3) is 0 Å². The fourth-order valence-electron chi connectivity index (χ4n) is 1.60. The molecule has 7 nitrogen and oxygen atoms in total. The van der Waals surface area contributed by atoms with Crippen LogP contribution in [0.4, 0.5) is 0 Å². The van der Waals surface area contributed by atoms with Gasteiger partial charge in [-0.05, 0) is 6.92 Å². The number of amides is 1. The van der Waals surface area contributed by atoms with E-state index in [2.05, 4.69) is 10.4 Å². The summed E-state index contributed by atoms with van der Waals surface area (Å²) in [5, 5.41) is 17.2. The monoisotopic (exact) mass is 213 g/mol. The van der Waals surface area contributed by atoms with Crippen LogP contribution in [0.1, 0.15) is 6.92 Å². The maximum Gasteiger partial charge on any atom is 0.364 e. The lowest BCUT2D eigenvalue weighted by molar-refractivity contribution is -0.853. The molecule has 0 atom stereocenters. The number of quaternary nitrogens is 1. The Hall–Kier alpha value is -1.76. The normalized spacial score (nSPS) is 18.8. The second kappa shape index (κ2) is 3.43. The third-order valence-corrected chi connectivity index (χ3v) is 2.14. The van der Waals surface area contributed by atoms with E-state index in [1.807, 2.05) is 0 Å². The van der Waals surface area contributed by atoms with Crippen molar-refractivity contribution < 1.29 is 14.3 Å². The van der Waals surface area contributed by atoms with E-state index in [1.54, 1.807) is 14.1 Å². The van der Waals surface area contributed by atoms with Gasteiger partial charge in [0, 0.05) is 7.05 Å². The number of carbonyl (C=O) groups excluding carboxylic acids is 1. The number of hydrogen-bond donors (Lipinski definition) is 1. The highest BCUT2D eigenvalue weighted by Gasteiger charge is 2.46. The Kier molecular flexibility index (Phi) is 2.59. The molecule has 82 valence electrons. The number of nitrogens with one attached hydrogen (secondary N) is 1. The molecule has 15 heavy (non-hydrogen) atoms. The SMILES string of the molecule is CNC(=O)C1=C([N+](=O)[O-])C(C)=N[N+]1(C)C. The number of nitro groups is 1. The van der Waals surface area contributed by atoms with E-state index in [0.717, 1.165) is 0 Å². The summed E-state index contributed by atoms with van der Waals surface area (Å²) in [4.78, 5) is 21.8. The summed E-state index contributed by atoms with van der Waals surface area (Å²) >= 11 is 0. The lowest BCUT2D eigenvalue weighted by Gasteiger charge is -2.17. The summed E-state index contributed by atoms with van der Waals surface area (Å²) in [6, 6.07) is 0. The minimum Gasteiger partial charge on any atom is -0.350 e. The molecule has 1 aliphatic heterocycles. The second-order valence-corrected chi connectivity index (χ2v) is 3.61. The molecular formula is C8H13N4O3+. The van der Waals surface area contributed by atoms with Crippen molar-refractivity contribution in [3.63, 3.8) is 0 Å². The molecule has 0 saturated heterocycles. The molecule has 1 rings (SSSR count). The molecule has 0 aliphatic carbocycles. The highest BCUT2D eigenvalue weighted by Crippen LogP contribution is 2.25. The molecule has 0 bridgehead atoms. The quantitative estimate of drug-likeness (QED) is 0.388. The van der Waals surface area contributed by atoms with Crippen LogP contribution in [-0.4, -0.2) is 42.3 Å². The Labute approximate surface area is 86.8 Å². The minimum atomic E-state index is -0.573. The standard InChI is InChI=1S/C8H12N4O3/c1-5-6(11(14)15)7(8(13)9-2)12(3,4)10-5/h1-4H3/p+1. The summed E-state index contributed by atoms with van der Waals surface area (Å²) in [7, 11) is 4.66. The summed E-state index contributed by atoms with van der Waals surface area (Å²) < 4.78 is -0.151. The molecule has 1 N–H and O–H groups in total. The Bertz CT molecular complexity index is 395. The maximum atomic E-state index is 11.5. The zero-order valence-electron chi connectivity index (χ0n) is 9.07. The zero-order valence-corrected chi connectivity index (χ0v) is 9.07. The average Bonchev–Trinajstić information content (AvgIpc) is 2.34. The molecule has 0 aromatic rings. The predicted molar refractivity (Wildman–Crippen MR) is 53.3 cm³/mol. The van der Waals surface area contributed by atoms with Gasteiger partial charge in [0.2, 0.25) is 0 Å². The van der Waals surface area contributed by atoms with E-state index >= 15 is 0 Å². The predicted octanol–water partition coefficient (Wildman–Crippen LogP) is -0.313.